The first kappa shape index (κ1) is 22.9. The minimum atomic E-state index is -1.66. The van der Waals surface area contributed by atoms with E-state index in [1.807, 2.05) is 4.98 Å². The number of hydrogen-bond donors (Lipinski definition) is 5. The summed E-state index contributed by atoms with van der Waals surface area (Å²) >= 11 is 0. The third kappa shape index (κ3) is 4.77. The Hall–Kier alpha value is -4.80. The van der Waals surface area contributed by atoms with Crippen molar-refractivity contribution < 1.29 is 34.1 Å². The Morgan fingerprint density at radius 2 is 1.58 bits per heavy atom. The molecule has 3 rings (SSSR count). The van der Waals surface area contributed by atoms with Gasteiger partial charge in [0.2, 0.25) is 0 Å². The van der Waals surface area contributed by atoms with Gasteiger partial charge in [-0.1, -0.05) is 30.3 Å². The molecule has 1 aromatic heterocycles. The van der Waals surface area contributed by atoms with Gasteiger partial charge in [0.15, 0.2) is 6.61 Å². The van der Waals surface area contributed by atoms with Gasteiger partial charge < -0.3 is 35.7 Å². The number of carbonyl (C=O) groups is 3. The molecule has 0 aliphatic carbocycles. The van der Waals surface area contributed by atoms with Gasteiger partial charge in [-0.15, -0.1) is 0 Å². The number of benzene rings is 2. The van der Waals surface area contributed by atoms with Crippen molar-refractivity contribution in [3.05, 3.63) is 70.0 Å². The molecule has 0 aliphatic heterocycles. The number of nitrogens with one attached hydrogen (secondary N) is 2. The molecule has 11 heteroatoms. The number of carbonyl (C=O) groups excluding carboxylic acids is 1. The molecule has 11 nitrogen and oxygen atoms in total. The Morgan fingerprint density at radius 3 is 2.21 bits per heavy atom. The number of nitrogen functional groups attached to an aromatic ring is 1. The number of anilines is 2. The molecule has 0 fully saturated rings. The van der Waals surface area contributed by atoms with Crippen LogP contribution < -0.4 is 26.1 Å². The van der Waals surface area contributed by atoms with Gasteiger partial charge in [0.1, 0.15) is 28.4 Å². The van der Waals surface area contributed by atoms with Crippen LogP contribution in [0.5, 0.6) is 11.5 Å². The zero-order valence-corrected chi connectivity index (χ0v) is 17.2. The second kappa shape index (κ2) is 9.56. The average Bonchev–Trinajstić information content (AvgIpc) is 2.77. The van der Waals surface area contributed by atoms with Crippen molar-refractivity contribution in [2.45, 2.75) is 0 Å². The maximum Gasteiger partial charge on any atom is 0.342 e. The third-order valence-electron chi connectivity index (χ3n) is 4.57. The summed E-state index contributed by atoms with van der Waals surface area (Å²) in [5.74, 6) is -3.87. The number of nitrogens with two attached hydrogens (primary N) is 1. The Labute approximate surface area is 186 Å². The average molecular weight is 453 g/mol. The zero-order valence-electron chi connectivity index (χ0n) is 17.2. The summed E-state index contributed by atoms with van der Waals surface area (Å²) in [6.07, 6.45) is 0. The van der Waals surface area contributed by atoms with E-state index in [-0.39, 0.29) is 11.3 Å². The van der Waals surface area contributed by atoms with Crippen LogP contribution in [-0.4, -0.2) is 46.8 Å². The number of methoxy groups -OCH3 is 1. The molecule has 0 aliphatic rings. The number of aromatic nitrogens is 1. The summed E-state index contributed by atoms with van der Waals surface area (Å²) < 4.78 is 10.7. The zero-order chi connectivity index (χ0) is 24.1. The van der Waals surface area contributed by atoms with E-state index in [0.29, 0.717) is 11.4 Å². The fourth-order valence-electron chi connectivity index (χ4n) is 3.19. The summed E-state index contributed by atoms with van der Waals surface area (Å²) in [6.45, 7) is -0.501. The number of carboxylic acid groups (broad SMARTS) is 2. The highest BCUT2D eigenvalue weighted by Crippen LogP contribution is 2.35. The number of ether oxygens (including phenoxy) is 2. The topological polar surface area (TPSA) is 181 Å². The van der Waals surface area contributed by atoms with Gasteiger partial charge in [0.25, 0.3) is 11.5 Å². The molecule has 0 saturated heterocycles. The Balaban J connectivity index is 2.00. The van der Waals surface area contributed by atoms with Crippen LogP contribution in [0.4, 0.5) is 11.5 Å². The lowest BCUT2D eigenvalue weighted by atomic mass is 9.94. The van der Waals surface area contributed by atoms with Crippen LogP contribution in [0, 0.1) is 0 Å². The van der Waals surface area contributed by atoms with E-state index in [1.165, 1.54) is 31.4 Å². The van der Waals surface area contributed by atoms with E-state index in [2.05, 4.69) is 5.32 Å². The maximum absolute atomic E-state index is 12.4. The predicted octanol–water partition coefficient (Wildman–Crippen LogP) is 2.05. The summed E-state index contributed by atoms with van der Waals surface area (Å²) in [6, 6.07) is 12.5. The van der Waals surface area contributed by atoms with Crippen molar-refractivity contribution in [2.75, 3.05) is 24.8 Å². The van der Waals surface area contributed by atoms with Gasteiger partial charge in [0.05, 0.1) is 12.8 Å². The first-order chi connectivity index (χ1) is 15.7. The van der Waals surface area contributed by atoms with E-state index < -0.39 is 52.5 Å². The van der Waals surface area contributed by atoms with Gasteiger partial charge in [-0.25, -0.2) is 9.59 Å². The lowest BCUT2D eigenvalue weighted by Crippen LogP contribution is -2.24. The number of rotatable bonds is 8. The number of amides is 1. The first-order valence-electron chi connectivity index (χ1n) is 9.42. The Bertz CT molecular complexity index is 1300. The van der Waals surface area contributed by atoms with Gasteiger partial charge in [-0.2, -0.15) is 0 Å². The minimum absolute atomic E-state index is 0.0253. The van der Waals surface area contributed by atoms with Crippen molar-refractivity contribution in [1.82, 2.24) is 4.98 Å². The Kier molecular flexibility index (Phi) is 6.63. The maximum atomic E-state index is 12.4. The molecular formula is C22H19N3O8. The van der Waals surface area contributed by atoms with E-state index >= 15 is 0 Å². The highest BCUT2D eigenvalue weighted by atomic mass is 16.5. The normalized spacial score (nSPS) is 10.3. The van der Waals surface area contributed by atoms with Crippen LogP contribution in [0.15, 0.2) is 53.3 Å². The van der Waals surface area contributed by atoms with E-state index in [1.54, 1.807) is 24.3 Å². The molecule has 0 atom stereocenters. The third-order valence-corrected chi connectivity index (χ3v) is 4.57. The van der Waals surface area contributed by atoms with E-state index in [4.69, 9.17) is 15.2 Å². The van der Waals surface area contributed by atoms with Crippen LogP contribution in [0.25, 0.3) is 11.1 Å². The number of aromatic carboxylic acids is 2. The highest BCUT2D eigenvalue weighted by molar-refractivity contribution is 6.08. The molecular weight excluding hydrogens is 434 g/mol. The molecule has 170 valence electrons. The summed E-state index contributed by atoms with van der Waals surface area (Å²) in [4.78, 5) is 50.3. The quantitative estimate of drug-likeness (QED) is 0.341. The molecule has 1 heterocycles. The van der Waals surface area contributed by atoms with Crippen LogP contribution in [-0.2, 0) is 4.79 Å². The van der Waals surface area contributed by atoms with Gasteiger partial charge in [-0.05, 0) is 18.2 Å². The number of carboxylic acids is 2. The van der Waals surface area contributed by atoms with Crippen molar-refractivity contribution in [3.63, 3.8) is 0 Å². The molecule has 0 bridgehead atoms. The number of H-pyrrole nitrogens is 1. The second-order valence-corrected chi connectivity index (χ2v) is 6.64. The predicted molar refractivity (Wildman–Crippen MR) is 118 cm³/mol. The van der Waals surface area contributed by atoms with Crippen LogP contribution in [0.3, 0.4) is 0 Å². The molecule has 0 saturated carbocycles. The van der Waals surface area contributed by atoms with Gasteiger partial charge in [-0.3, -0.25) is 9.59 Å². The number of para-hydroxylation sites is 3. The molecule has 0 radical (unpaired) electrons. The van der Waals surface area contributed by atoms with Gasteiger partial charge >= 0.3 is 11.9 Å². The fraction of sp³-hybridized carbons (Fsp3) is 0.0909. The summed E-state index contributed by atoms with van der Waals surface area (Å²) in [7, 11) is 1.45. The lowest BCUT2D eigenvalue weighted by molar-refractivity contribution is -0.118. The van der Waals surface area contributed by atoms with E-state index in [0.717, 1.165) is 0 Å². The van der Waals surface area contributed by atoms with E-state index in [9.17, 15) is 29.4 Å². The number of hydrogen-bond acceptors (Lipinski definition) is 7. The monoisotopic (exact) mass is 453 g/mol. The van der Waals surface area contributed by atoms with Crippen molar-refractivity contribution in [2.24, 2.45) is 0 Å². The summed E-state index contributed by atoms with van der Waals surface area (Å²) in [5.41, 5.74) is 3.10. The van der Waals surface area contributed by atoms with Crippen molar-refractivity contribution in [3.8, 4) is 22.6 Å². The van der Waals surface area contributed by atoms with Crippen LogP contribution in [0.1, 0.15) is 20.7 Å². The molecule has 0 unspecified atom stereocenters. The molecule has 33 heavy (non-hydrogen) atoms. The minimum Gasteiger partial charge on any atom is -0.495 e. The first-order valence-corrected chi connectivity index (χ1v) is 9.42. The molecule has 2 aromatic carbocycles. The Morgan fingerprint density at radius 1 is 0.970 bits per heavy atom. The van der Waals surface area contributed by atoms with Crippen molar-refractivity contribution in [1.29, 1.82) is 0 Å². The fourth-order valence-corrected chi connectivity index (χ4v) is 3.19. The van der Waals surface area contributed by atoms with Crippen LogP contribution in [0.2, 0.25) is 0 Å². The van der Waals surface area contributed by atoms with Gasteiger partial charge in [0, 0.05) is 11.1 Å². The molecule has 3 aromatic rings. The summed E-state index contributed by atoms with van der Waals surface area (Å²) in [5, 5.41) is 21.8. The van der Waals surface area contributed by atoms with Crippen molar-refractivity contribution >= 4 is 29.4 Å². The standard InChI is InChI=1S/C22H19N3O8/c1-32-14-9-5-3-7-12(14)24-15(26)10-33-13-8-4-2-6-11(13)16-17(21(28)29)19(23)25-20(27)18(16)22(30)31/h2-9H,10H2,1H3,(H,24,26)(H,28,29)(H,30,31)(H3,23,25,27). The highest BCUT2D eigenvalue weighted by Gasteiger charge is 2.28. The lowest BCUT2D eigenvalue weighted by Gasteiger charge is -2.16. The number of pyridine rings is 1. The molecule has 6 N–H and O–H groups in total. The largest absolute Gasteiger partial charge is 0.495 e. The number of aromatic amines is 1. The SMILES string of the molecule is COc1ccccc1NC(=O)COc1ccccc1-c1c(C(=O)O)c(N)[nH]c(=O)c1C(=O)O. The second-order valence-electron chi connectivity index (χ2n) is 6.64. The molecule has 0 spiro atoms. The van der Waals surface area contributed by atoms with Crippen LogP contribution >= 0.6 is 0 Å². The molecule has 1 amide bonds. The smallest absolute Gasteiger partial charge is 0.342 e.